The second-order valence-corrected chi connectivity index (χ2v) is 5.79. The molecule has 12 heavy (non-hydrogen) atoms. The third-order valence-corrected chi connectivity index (χ3v) is 3.69. The van der Waals surface area contributed by atoms with E-state index >= 15 is 0 Å². The van der Waals surface area contributed by atoms with Gasteiger partial charge in [-0.25, -0.2) is 8.42 Å². The Bertz CT molecular complexity index is 231. The van der Waals surface area contributed by atoms with Crippen molar-refractivity contribution in [3.63, 3.8) is 0 Å². The number of carbonyl (C=O) groups excluding carboxylic acids is 1. The molecule has 0 fully saturated rings. The highest BCUT2D eigenvalue weighted by molar-refractivity contribution is 7.91. The molecule has 0 N–H and O–H groups in total. The summed E-state index contributed by atoms with van der Waals surface area (Å²) in [4.78, 5) is 10.2. The van der Waals surface area contributed by atoms with Crippen LogP contribution in [0.4, 0.5) is 0 Å². The van der Waals surface area contributed by atoms with Crippen molar-refractivity contribution in [2.24, 2.45) is 5.92 Å². The molecule has 4 heteroatoms. The van der Waals surface area contributed by atoms with Crippen molar-refractivity contribution in [1.82, 2.24) is 0 Å². The van der Waals surface area contributed by atoms with Gasteiger partial charge in [-0.3, -0.25) is 0 Å². The summed E-state index contributed by atoms with van der Waals surface area (Å²) in [5, 5.41) is -0.333. The highest BCUT2D eigenvalue weighted by Gasteiger charge is 2.15. The van der Waals surface area contributed by atoms with Crippen molar-refractivity contribution < 1.29 is 13.2 Å². The lowest BCUT2D eigenvalue weighted by atomic mass is 10.1. The molecule has 72 valence electrons. The molecule has 0 aliphatic rings. The van der Waals surface area contributed by atoms with E-state index in [4.69, 9.17) is 0 Å². The maximum atomic E-state index is 10.9. The molecule has 2 unspecified atom stereocenters. The molecule has 0 aromatic rings. The number of carbonyl (C=O) groups is 1. The lowest BCUT2D eigenvalue weighted by molar-refractivity contribution is -0.110. The van der Waals surface area contributed by atoms with Crippen LogP contribution in [-0.4, -0.2) is 26.2 Å². The lowest BCUT2D eigenvalue weighted by Crippen LogP contribution is -2.16. The van der Waals surface area contributed by atoms with Crippen molar-refractivity contribution in [2.45, 2.75) is 31.9 Å². The van der Waals surface area contributed by atoms with Crippen LogP contribution in [0.1, 0.15) is 26.7 Å². The Morgan fingerprint density at radius 3 is 2.08 bits per heavy atom. The van der Waals surface area contributed by atoms with E-state index in [1.54, 1.807) is 13.8 Å². The van der Waals surface area contributed by atoms with Gasteiger partial charge in [0.25, 0.3) is 0 Å². The van der Waals surface area contributed by atoms with Gasteiger partial charge in [0.2, 0.25) is 0 Å². The lowest BCUT2D eigenvalue weighted by Gasteiger charge is -2.09. The fourth-order valence-electron chi connectivity index (χ4n) is 0.780. The highest BCUT2D eigenvalue weighted by atomic mass is 32.2. The van der Waals surface area contributed by atoms with Crippen LogP contribution >= 0.6 is 0 Å². The van der Waals surface area contributed by atoms with E-state index < -0.39 is 9.84 Å². The molecular weight excluding hydrogens is 176 g/mol. The molecule has 0 aromatic carbocycles. The fraction of sp³-hybridized carbons (Fsp3) is 0.875. The Morgan fingerprint density at radius 1 is 1.25 bits per heavy atom. The van der Waals surface area contributed by atoms with Crippen LogP contribution in [0.25, 0.3) is 0 Å². The van der Waals surface area contributed by atoms with Crippen LogP contribution in [0.3, 0.4) is 0 Å². The summed E-state index contributed by atoms with van der Waals surface area (Å²) in [6, 6.07) is 0. The maximum Gasteiger partial charge on any atom is 0.150 e. The van der Waals surface area contributed by atoms with Gasteiger partial charge in [-0.15, -0.1) is 0 Å². The average Bonchev–Trinajstić information content (AvgIpc) is 1.97. The second-order valence-electron chi connectivity index (χ2n) is 3.33. The molecule has 0 amide bonds. The summed E-state index contributed by atoms with van der Waals surface area (Å²) in [6.07, 6.45) is 3.30. The minimum atomic E-state index is -2.92. The van der Waals surface area contributed by atoms with Gasteiger partial charge < -0.3 is 4.79 Å². The van der Waals surface area contributed by atoms with E-state index in [1.807, 2.05) is 0 Å². The molecule has 0 saturated heterocycles. The molecule has 0 rings (SSSR count). The van der Waals surface area contributed by atoms with Crippen LogP contribution in [0.5, 0.6) is 0 Å². The molecular formula is C8H16O3S. The second kappa shape index (κ2) is 4.60. The van der Waals surface area contributed by atoms with Gasteiger partial charge in [0.1, 0.15) is 16.1 Å². The third kappa shape index (κ3) is 4.49. The number of sulfone groups is 1. The Hall–Kier alpha value is -0.380. The van der Waals surface area contributed by atoms with Gasteiger partial charge in [-0.05, 0) is 19.8 Å². The Kier molecular flexibility index (Phi) is 4.45. The van der Waals surface area contributed by atoms with E-state index in [2.05, 4.69) is 0 Å². The first-order valence-corrected chi connectivity index (χ1v) is 5.97. The molecule has 2 atom stereocenters. The normalized spacial score (nSPS) is 16.9. The van der Waals surface area contributed by atoms with Gasteiger partial charge in [-0.2, -0.15) is 0 Å². The zero-order valence-corrected chi connectivity index (χ0v) is 8.60. The zero-order chi connectivity index (χ0) is 9.78. The Labute approximate surface area is 74.1 Å². The van der Waals surface area contributed by atoms with E-state index in [-0.39, 0.29) is 11.2 Å². The summed E-state index contributed by atoms with van der Waals surface area (Å²) in [7, 11) is -2.92. The van der Waals surface area contributed by atoms with Crippen molar-refractivity contribution in [1.29, 1.82) is 0 Å². The van der Waals surface area contributed by atoms with Crippen molar-refractivity contribution in [3.8, 4) is 0 Å². The van der Waals surface area contributed by atoms with Gasteiger partial charge in [-0.1, -0.05) is 6.92 Å². The van der Waals surface area contributed by atoms with E-state index in [0.717, 1.165) is 6.29 Å². The highest BCUT2D eigenvalue weighted by Crippen LogP contribution is 2.10. The minimum absolute atomic E-state index is 0.0331. The van der Waals surface area contributed by atoms with E-state index in [1.165, 1.54) is 6.26 Å². The minimum Gasteiger partial charge on any atom is -0.303 e. The number of hydrogen-bond acceptors (Lipinski definition) is 3. The van der Waals surface area contributed by atoms with Gasteiger partial charge in [0.15, 0.2) is 0 Å². The first-order chi connectivity index (χ1) is 5.38. The predicted octanol–water partition coefficient (Wildman–Crippen LogP) is 1.03. The maximum absolute atomic E-state index is 10.9. The summed E-state index contributed by atoms with van der Waals surface area (Å²) >= 11 is 0. The van der Waals surface area contributed by atoms with Crippen LogP contribution < -0.4 is 0 Å². The summed E-state index contributed by atoms with van der Waals surface area (Å²) < 4.78 is 21.9. The average molecular weight is 192 g/mol. The van der Waals surface area contributed by atoms with E-state index in [9.17, 15) is 13.2 Å². The van der Waals surface area contributed by atoms with Crippen LogP contribution in [-0.2, 0) is 14.6 Å². The smallest absolute Gasteiger partial charge is 0.150 e. The first-order valence-electron chi connectivity index (χ1n) is 4.02. The third-order valence-electron chi connectivity index (χ3n) is 1.99. The summed E-state index contributed by atoms with van der Waals surface area (Å²) in [5.41, 5.74) is 0. The molecule has 0 radical (unpaired) electrons. The summed E-state index contributed by atoms with van der Waals surface area (Å²) in [5.74, 6) is -0.0331. The first kappa shape index (κ1) is 11.6. The van der Waals surface area contributed by atoms with Crippen LogP contribution in [0, 0.1) is 5.92 Å². The molecule has 0 aromatic heterocycles. The largest absolute Gasteiger partial charge is 0.303 e. The Morgan fingerprint density at radius 2 is 1.75 bits per heavy atom. The molecule has 0 aliphatic heterocycles. The molecule has 0 bridgehead atoms. The fourth-order valence-corrected chi connectivity index (χ4v) is 1.34. The van der Waals surface area contributed by atoms with Crippen molar-refractivity contribution >= 4 is 16.1 Å². The molecule has 0 spiro atoms. The number of aldehydes is 1. The van der Waals surface area contributed by atoms with Gasteiger partial charge >= 0.3 is 0 Å². The van der Waals surface area contributed by atoms with Gasteiger partial charge in [0, 0.05) is 12.2 Å². The van der Waals surface area contributed by atoms with E-state index in [0.29, 0.717) is 12.8 Å². The SMILES string of the molecule is CC(C=O)CCC(C)S(C)(=O)=O. The molecule has 0 heterocycles. The Balaban J connectivity index is 3.88. The van der Waals surface area contributed by atoms with Crippen molar-refractivity contribution in [3.05, 3.63) is 0 Å². The molecule has 0 aliphatic carbocycles. The number of hydrogen-bond donors (Lipinski definition) is 0. The van der Waals surface area contributed by atoms with Crippen molar-refractivity contribution in [2.75, 3.05) is 6.26 Å². The quantitative estimate of drug-likeness (QED) is 0.611. The zero-order valence-electron chi connectivity index (χ0n) is 7.78. The predicted molar refractivity (Wildman–Crippen MR) is 48.8 cm³/mol. The monoisotopic (exact) mass is 192 g/mol. The topological polar surface area (TPSA) is 51.2 Å². The van der Waals surface area contributed by atoms with Crippen LogP contribution in [0.2, 0.25) is 0 Å². The standard InChI is InChI=1S/C8H16O3S/c1-7(6-9)4-5-8(2)12(3,10)11/h6-8H,4-5H2,1-3H3. The van der Waals surface area contributed by atoms with Gasteiger partial charge in [0.05, 0.1) is 5.25 Å². The molecule has 0 saturated carbocycles. The summed E-state index contributed by atoms with van der Waals surface area (Å²) in [6.45, 7) is 3.47. The molecule has 3 nitrogen and oxygen atoms in total. The van der Waals surface area contributed by atoms with Crippen LogP contribution in [0.15, 0.2) is 0 Å². The number of rotatable bonds is 5.